The Hall–Kier alpha value is -1.52. The first kappa shape index (κ1) is 11.2. The van der Waals surface area contributed by atoms with Crippen LogP contribution in [-0.2, 0) is 11.8 Å². The molecule has 2 aliphatic heterocycles. The Kier molecular flexibility index (Phi) is 1.89. The first-order valence-electron chi connectivity index (χ1n) is 7.33. The Morgan fingerprint density at radius 2 is 2.20 bits per heavy atom. The van der Waals surface area contributed by atoms with E-state index in [4.69, 9.17) is 4.74 Å². The molecule has 2 heterocycles. The second-order valence-corrected chi connectivity index (χ2v) is 6.44. The molecule has 0 amide bonds. The van der Waals surface area contributed by atoms with Gasteiger partial charge >= 0.3 is 0 Å². The predicted octanol–water partition coefficient (Wildman–Crippen LogP) is 0.856. The zero-order chi connectivity index (χ0) is 13.5. The number of piperidine rings is 1. The molecule has 5 atom stereocenters. The van der Waals surface area contributed by atoms with E-state index in [1.165, 1.54) is 5.56 Å². The summed E-state index contributed by atoms with van der Waals surface area (Å²) in [6, 6.07) is 4.14. The molecule has 0 aromatic heterocycles. The minimum atomic E-state index is -0.595. The van der Waals surface area contributed by atoms with Crippen LogP contribution in [0.15, 0.2) is 24.3 Å². The van der Waals surface area contributed by atoms with Crippen molar-refractivity contribution in [2.24, 2.45) is 5.92 Å². The van der Waals surface area contributed by atoms with Gasteiger partial charge < -0.3 is 20.3 Å². The molecule has 4 aliphatic rings. The van der Waals surface area contributed by atoms with Crippen molar-refractivity contribution >= 4 is 0 Å². The fraction of sp³-hybridized carbons (Fsp3) is 0.500. The van der Waals surface area contributed by atoms with Gasteiger partial charge in [-0.1, -0.05) is 18.2 Å². The highest BCUT2D eigenvalue weighted by Crippen LogP contribution is 2.61. The molecule has 104 valence electrons. The quantitative estimate of drug-likeness (QED) is 0.612. The second-order valence-electron chi connectivity index (χ2n) is 6.44. The van der Waals surface area contributed by atoms with Gasteiger partial charge in [0, 0.05) is 22.9 Å². The van der Waals surface area contributed by atoms with Crippen LogP contribution in [0.2, 0.25) is 0 Å². The van der Waals surface area contributed by atoms with Crippen LogP contribution in [0.1, 0.15) is 17.5 Å². The standard InChI is InChI=1S/C16H17NO3/c18-11-3-1-8-7-10-9-2-4-12(19)15-16(9,5-6-17-10)13(8)14(11)20-15/h1-4,9-10,12,15,17-19H,5-7H2/t9-,10?,12+,15-,16-/m1/s1. The zero-order valence-electron chi connectivity index (χ0n) is 11.0. The first-order chi connectivity index (χ1) is 9.72. The van der Waals surface area contributed by atoms with E-state index in [0.717, 1.165) is 24.9 Å². The van der Waals surface area contributed by atoms with Gasteiger partial charge in [0.15, 0.2) is 11.5 Å². The first-order valence-corrected chi connectivity index (χ1v) is 7.33. The Morgan fingerprint density at radius 1 is 1.30 bits per heavy atom. The smallest absolute Gasteiger partial charge is 0.165 e. The van der Waals surface area contributed by atoms with Crippen molar-refractivity contribution in [3.63, 3.8) is 0 Å². The van der Waals surface area contributed by atoms with Crippen molar-refractivity contribution < 1.29 is 14.9 Å². The van der Waals surface area contributed by atoms with Gasteiger partial charge in [-0.05, 0) is 31.0 Å². The van der Waals surface area contributed by atoms with Gasteiger partial charge in [-0.3, -0.25) is 0 Å². The topological polar surface area (TPSA) is 61.7 Å². The van der Waals surface area contributed by atoms with E-state index in [1.54, 1.807) is 6.07 Å². The molecule has 1 aromatic carbocycles. The second kappa shape index (κ2) is 3.38. The molecule has 0 saturated carbocycles. The van der Waals surface area contributed by atoms with Crippen LogP contribution >= 0.6 is 0 Å². The number of ether oxygens (including phenoxy) is 1. The average molecular weight is 271 g/mol. The number of hydrogen-bond acceptors (Lipinski definition) is 4. The van der Waals surface area contributed by atoms with Gasteiger partial charge in [-0.15, -0.1) is 0 Å². The molecule has 2 bridgehead atoms. The number of phenols is 1. The van der Waals surface area contributed by atoms with E-state index in [-0.39, 0.29) is 17.3 Å². The van der Waals surface area contributed by atoms with E-state index in [1.807, 2.05) is 12.1 Å². The van der Waals surface area contributed by atoms with Crippen LogP contribution in [0.4, 0.5) is 0 Å². The van der Waals surface area contributed by atoms with Crippen LogP contribution in [0.3, 0.4) is 0 Å². The molecule has 1 saturated heterocycles. The SMILES string of the molecule is Oc1ccc2c3c1O[C@@H]1[C@@H](O)C=C[C@@H]4C(C2)NCC[C@]341. The van der Waals surface area contributed by atoms with E-state index in [0.29, 0.717) is 17.7 Å². The van der Waals surface area contributed by atoms with Crippen molar-refractivity contribution in [1.82, 2.24) is 5.32 Å². The van der Waals surface area contributed by atoms with E-state index < -0.39 is 6.10 Å². The van der Waals surface area contributed by atoms with Gasteiger partial charge in [0.2, 0.25) is 0 Å². The Balaban J connectivity index is 1.86. The summed E-state index contributed by atoms with van der Waals surface area (Å²) in [5, 5.41) is 24.1. The summed E-state index contributed by atoms with van der Waals surface area (Å²) >= 11 is 0. The molecular formula is C16H17NO3. The van der Waals surface area contributed by atoms with Gasteiger partial charge in [-0.25, -0.2) is 0 Å². The molecular weight excluding hydrogens is 254 g/mol. The largest absolute Gasteiger partial charge is 0.504 e. The lowest BCUT2D eigenvalue weighted by atomic mass is 9.54. The van der Waals surface area contributed by atoms with E-state index >= 15 is 0 Å². The average Bonchev–Trinajstić information content (AvgIpc) is 2.78. The molecule has 2 aliphatic carbocycles. The molecule has 1 unspecified atom stereocenters. The highest BCUT2D eigenvalue weighted by atomic mass is 16.5. The maximum absolute atomic E-state index is 10.4. The van der Waals surface area contributed by atoms with Crippen molar-refractivity contribution in [2.75, 3.05) is 6.54 Å². The van der Waals surface area contributed by atoms with Gasteiger partial charge in [0.1, 0.15) is 12.2 Å². The third-order valence-electron chi connectivity index (χ3n) is 5.68. The number of hydrogen-bond donors (Lipinski definition) is 3. The molecule has 4 heteroatoms. The molecule has 1 spiro atoms. The van der Waals surface area contributed by atoms with Crippen LogP contribution in [0, 0.1) is 5.92 Å². The summed E-state index contributed by atoms with van der Waals surface area (Å²) < 4.78 is 6.04. The summed E-state index contributed by atoms with van der Waals surface area (Å²) in [5.74, 6) is 1.16. The fourth-order valence-corrected chi connectivity index (χ4v) is 4.98. The third-order valence-corrected chi connectivity index (χ3v) is 5.68. The number of aromatic hydroxyl groups is 1. The molecule has 5 rings (SSSR count). The van der Waals surface area contributed by atoms with Crippen LogP contribution in [-0.4, -0.2) is 35.0 Å². The van der Waals surface area contributed by atoms with E-state index in [2.05, 4.69) is 11.4 Å². The number of benzene rings is 1. The molecule has 4 nitrogen and oxygen atoms in total. The molecule has 1 fully saturated rings. The van der Waals surface area contributed by atoms with Crippen molar-refractivity contribution in [3.8, 4) is 11.5 Å². The predicted molar refractivity (Wildman–Crippen MR) is 72.9 cm³/mol. The van der Waals surface area contributed by atoms with Gasteiger partial charge in [0.05, 0.1) is 0 Å². The Labute approximate surface area is 117 Å². The zero-order valence-corrected chi connectivity index (χ0v) is 11.0. The summed E-state index contributed by atoms with van der Waals surface area (Å²) in [7, 11) is 0. The van der Waals surface area contributed by atoms with Crippen molar-refractivity contribution in [3.05, 3.63) is 35.4 Å². The maximum atomic E-state index is 10.4. The number of aliphatic hydroxyl groups excluding tert-OH is 1. The lowest BCUT2D eigenvalue weighted by molar-refractivity contribution is -0.0177. The van der Waals surface area contributed by atoms with E-state index in [9.17, 15) is 10.2 Å². The number of rotatable bonds is 0. The minimum absolute atomic E-state index is 0.161. The minimum Gasteiger partial charge on any atom is -0.504 e. The van der Waals surface area contributed by atoms with Crippen LogP contribution in [0.5, 0.6) is 11.5 Å². The number of phenolic OH excluding ortho intramolecular Hbond substituents is 1. The molecule has 1 aromatic rings. The number of nitrogens with one attached hydrogen (secondary N) is 1. The van der Waals surface area contributed by atoms with Crippen molar-refractivity contribution in [1.29, 1.82) is 0 Å². The Morgan fingerprint density at radius 3 is 3.10 bits per heavy atom. The fourth-order valence-electron chi connectivity index (χ4n) is 4.98. The highest BCUT2D eigenvalue weighted by Gasteiger charge is 2.63. The summed E-state index contributed by atoms with van der Waals surface area (Å²) in [5.41, 5.74) is 2.26. The van der Waals surface area contributed by atoms with Gasteiger partial charge in [-0.2, -0.15) is 0 Å². The maximum Gasteiger partial charge on any atom is 0.165 e. The van der Waals surface area contributed by atoms with Crippen LogP contribution in [0.25, 0.3) is 0 Å². The summed E-state index contributed by atoms with van der Waals surface area (Å²) in [6.07, 6.45) is 5.08. The normalized spacial score (nSPS) is 43.0. The van der Waals surface area contributed by atoms with Gasteiger partial charge in [0.25, 0.3) is 0 Å². The lowest BCUT2D eigenvalue weighted by Gasteiger charge is -2.53. The molecule has 3 N–H and O–H groups in total. The summed E-state index contributed by atoms with van der Waals surface area (Å²) in [4.78, 5) is 0. The van der Waals surface area contributed by atoms with Crippen molar-refractivity contribution in [2.45, 2.75) is 36.5 Å². The molecule has 20 heavy (non-hydrogen) atoms. The van der Waals surface area contributed by atoms with Crippen LogP contribution < -0.4 is 10.1 Å². The lowest BCUT2D eigenvalue weighted by Crippen LogP contribution is -2.64. The number of aliphatic hydroxyl groups is 1. The molecule has 0 radical (unpaired) electrons. The highest BCUT2D eigenvalue weighted by molar-refractivity contribution is 5.61. The Bertz CT molecular complexity index is 641. The third kappa shape index (κ3) is 1.04. The monoisotopic (exact) mass is 271 g/mol. The summed E-state index contributed by atoms with van der Waals surface area (Å²) in [6.45, 7) is 0.941.